The smallest absolute Gasteiger partial charge is 0.387 e. The van der Waals surface area contributed by atoms with E-state index in [0.717, 1.165) is 6.54 Å². The fourth-order valence-corrected chi connectivity index (χ4v) is 2.50. The third kappa shape index (κ3) is 4.45. The van der Waals surface area contributed by atoms with Crippen LogP contribution in [0.1, 0.15) is 24.2 Å². The molecule has 1 aromatic rings. The molecule has 0 spiro atoms. The first-order valence-electron chi connectivity index (χ1n) is 7.11. The van der Waals surface area contributed by atoms with Crippen LogP contribution in [0.2, 0.25) is 0 Å². The highest BCUT2D eigenvalue weighted by Crippen LogP contribution is 2.30. The third-order valence-corrected chi connectivity index (χ3v) is 3.92. The summed E-state index contributed by atoms with van der Waals surface area (Å²) in [5, 5.41) is 3.30. The first kappa shape index (κ1) is 19.4. The lowest BCUT2D eigenvalue weighted by molar-refractivity contribution is -0.0512. The number of amides is 1. The molecule has 1 fully saturated rings. The first-order valence-corrected chi connectivity index (χ1v) is 7.11. The SMILES string of the molecule is COc1cc(C(=O)N2CCNC(C)C2C)ccc1OC(F)F.Cl. The Morgan fingerprint density at radius 1 is 1.35 bits per heavy atom. The average Bonchev–Trinajstić information content (AvgIpc) is 2.49. The lowest BCUT2D eigenvalue weighted by atomic mass is 10.1. The van der Waals surface area contributed by atoms with E-state index in [9.17, 15) is 13.6 Å². The summed E-state index contributed by atoms with van der Waals surface area (Å²) in [4.78, 5) is 14.4. The minimum Gasteiger partial charge on any atom is -0.493 e. The van der Waals surface area contributed by atoms with Gasteiger partial charge in [-0.05, 0) is 32.0 Å². The number of halogens is 3. The molecule has 23 heavy (non-hydrogen) atoms. The molecule has 1 amide bonds. The largest absolute Gasteiger partial charge is 0.493 e. The minimum absolute atomic E-state index is 0. The number of ether oxygens (including phenoxy) is 2. The number of hydrogen-bond donors (Lipinski definition) is 1. The number of nitrogens with zero attached hydrogens (tertiary/aromatic N) is 1. The van der Waals surface area contributed by atoms with Gasteiger partial charge in [-0.1, -0.05) is 0 Å². The van der Waals surface area contributed by atoms with Crippen LogP contribution < -0.4 is 14.8 Å². The van der Waals surface area contributed by atoms with E-state index in [1.807, 2.05) is 13.8 Å². The highest BCUT2D eigenvalue weighted by atomic mass is 35.5. The van der Waals surface area contributed by atoms with Crippen LogP contribution in [0.25, 0.3) is 0 Å². The van der Waals surface area contributed by atoms with Crippen LogP contribution in [0.15, 0.2) is 18.2 Å². The monoisotopic (exact) mass is 350 g/mol. The average molecular weight is 351 g/mol. The van der Waals surface area contributed by atoms with Gasteiger partial charge in [0.1, 0.15) is 0 Å². The number of nitrogens with one attached hydrogen (secondary N) is 1. The van der Waals surface area contributed by atoms with E-state index in [1.165, 1.54) is 25.3 Å². The Balaban J connectivity index is 0.00000264. The highest BCUT2D eigenvalue weighted by molar-refractivity contribution is 5.95. The summed E-state index contributed by atoms with van der Waals surface area (Å²) >= 11 is 0. The third-order valence-electron chi connectivity index (χ3n) is 3.92. The van der Waals surface area contributed by atoms with E-state index in [0.29, 0.717) is 12.1 Å². The number of hydrogen-bond acceptors (Lipinski definition) is 4. The molecule has 130 valence electrons. The van der Waals surface area contributed by atoms with Gasteiger partial charge in [0, 0.05) is 30.7 Å². The van der Waals surface area contributed by atoms with E-state index < -0.39 is 6.61 Å². The van der Waals surface area contributed by atoms with Crippen LogP contribution >= 0.6 is 12.4 Å². The predicted molar refractivity (Wildman–Crippen MR) is 84.8 cm³/mol. The number of carbonyl (C=O) groups is 1. The maximum atomic E-state index is 12.6. The number of rotatable bonds is 4. The standard InChI is InChI=1S/C15H20F2N2O3.ClH/c1-9-10(2)19(7-6-18-9)14(20)11-4-5-12(22-15(16)17)13(8-11)21-3;/h4-5,8-10,15,18H,6-7H2,1-3H3;1H. The molecule has 2 rings (SSSR count). The molecule has 1 aromatic carbocycles. The summed E-state index contributed by atoms with van der Waals surface area (Å²) < 4.78 is 34.0. The Morgan fingerprint density at radius 3 is 2.65 bits per heavy atom. The maximum Gasteiger partial charge on any atom is 0.387 e. The number of piperazine rings is 1. The molecule has 2 atom stereocenters. The Morgan fingerprint density at radius 2 is 2.04 bits per heavy atom. The van der Waals surface area contributed by atoms with Gasteiger partial charge in [-0.25, -0.2) is 0 Å². The van der Waals surface area contributed by atoms with Crippen molar-refractivity contribution < 1.29 is 23.0 Å². The van der Waals surface area contributed by atoms with Crippen molar-refractivity contribution in [3.63, 3.8) is 0 Å². The van der Waals surface area contributed by atoms with Crippen molar-refractivity contribution >= 4 is 18.3 Å². The topological polar surface area (TPSA) is 50.8 Å². The molecule has 1 saturated heterocycles. The fraction of sp³-hybridized carbons (Fsp3) is 0.533. The van der Waals surface area contributed by atoms with Gasteiger partial charge in [0.05, 0.1) is 7.11 Å². The summed E-state index contributed by atoms with van der Waals surface area (Å²) in [6, 6.07) is 4.47. The molecule has 0 bridgehead atoms. The van der Waals surface area contributed by atoms with Crippen molar-refractivity contribution in [2.24, 2.45) is 0 Å². The van der Waals surface area contributed by atoms with Gasteiger partial charge in [-0.15, -0.1) is 12.4 Å². The molecule has 0 aromatic heterocycles. The zero-order valence-corrected chi connectivity index (χ0v) is 14.0. The minimum atomic E-state index is -2.94. The molecule has 8 heteroatoms. The Labute approximate surface area is 140 Å². The van der Waals surface area contributed by atoms with Gasteiger partial charge in [0.15, 0.2) is 11.5 Å². The molecule has 2 unspecified atom stereocenters. The van der Waals surface area contributed by atoms with Crippen molar-refractivity contribution in [1.82, 2.24) is 10.2 Å². The summed E-state index contributed by atoms with van der Waals surface area (Å²) in [6.45, 7) is 2.37. The number of benzene rings is 1. The molecule has 5 nitrogen and oxygen atoms in total. The summed E-state index contributed by atoms with van der Waals surface area (Å²) in [7, 11) is 1.34. The zero-order chi connectivity index (χ0) is 16.3. The van der Waals surface area contributed by atoms with Crippen LogP contribution in [0.4, 0.5) is 8.78 Å². The fourth-order valence-electron chi connectivity index (χ4n) is 2.50. The normalized spacial score (nSPS) is 20.9. The molecule has 0 saturated carbocycles. The van der Waals surface area contributed by atoms with E-state index in [4.69, 9.17) is 4.74 Å². The van der Waals surface area contributed by atoms with Gasteiger partial charge < -0.3 is 19.7 Å². The van der Waals surface area contributed by atoms with Crippen LogP contribution in [0.5, 0.6) is 11.5 Å². The lowest BCUT2D eigenvalue weighted by Crippen LogP contribution is -2.57. The van der Waals surface area contributed by atoms with Crippen molar-refractivity contribution in [3.05, 3.63) is 23.8 Å². The molecule has 1 heterocycles. The van der Waals surface area contributed by atoms with Crippen molar-refractivity contribution in [2.45, 2.75) is 32.5 Å². The molecule has 1 aliphatic rings. The molecular weight excluding hydrogens is 330 g/mol. The van der Waals surface area contributed by atoms with E-state index >= 15 is 0 Å². The zero-order valence-electron chi connectivity index (χ0n) is 13.2. The summed E-state index contributed by atoms with van der Waals surface area (Å²) in [6.07, 6.45) is 0. The van der Waals surface area contributed by atoms with Gasteiger partial charge in [-0.2, -0.15) is 8.78 Å². The van der Waals surface area contributed by atoms with Crippen molar-refractivity contribution in [3.8, 4) is 11.5 Å². The summed E-state index contributed by atoms with van der Waals surface area (Å²) in [5.74, 6) is -0.125. The predicted octanol–water partition coefficient (Wildman–Crippen LogP) is 2.54. The van der Waals surface area contributed by atoms with Crippen LogP contribution in [-0.4, -0.2) is 49.7 Å². The van der Waals surface area contributed by atoms with Gasteiger partial charge >= 0.3 is 6.61 Å². The lowest BCUT2D eigenvalue weighted by Gasteiger charge is -2.38. The molecule has 0 aliphatic carbocycles. The molecule has 1 N–H and O–H groups in total. The van der Waals surface area contributed by atoms with Crippen LogP contribution in [0.3, 0.4) is 0 Å². The second kappa shape index (κ2) is 8.31. The highest BCUT2D eigenvalue weighted by Gasteiger charge is 2.29. The van der Waals surface area contributed by atoms with Gasteiger partial charge in [0.2, 0.25) is 0 Å². The van der Waals surface area contributed by atoms with Crippen molar-refractivity contribution in [1.29, 1.82) is 0 Å². The Hall–Kier alpha value is -1.60. The second-order valence-electron chi connectivity index (χ2n) is 5.23. The summed E-state index contributed by atoms with van der Waals surface area (Å²) in [5.41, 5.74) is 0.388. The first-order chi connectivity index (χ1) is 10.4. The molecule has 0 radical (unpaired) electrons. The molecular formula is C15H21ClF2N2O3. The van der Waals surface area contributed by atoms with Gasteiger partial charge in [-0.3, -0.25) is 4.79 Å². The van der Waals surface area contributed by atoms with E-state index in [-0.39, 0.29) is 41.9 Å². The Kier molecular flexibility index (Phi) is 7.02. The van der Waals surface area contributed by atoms with E-state index in [2.05, 4.69) is 10.1 Å². The van der Waals surface area contributed by atoms with Crippen LogP contribution in [-0.2, 0) is 0 Å². The van der Waals surface area contributed by atoms with Crippen LogP contribution in [0, 0.1) is 0 Å². The number of carbonyl (C=O) groups excluding carboxylic acids is 1. The van der Waals surface area contributed by atoms with E-state index in [1.54, 1.807) is 4.90 Å². The Bertz CT molecular complexity index is 545. The van der Waals surface area contributed by atoms with Crippen molar-refractivity contribution in [2.75, 3.05) is 20.2 Å². The number of methoxy groups -OCH3 is 1. The quantitative estimate of drug-likeness (QED) is 0.906. The molecule has 1 aliphatic heterocycles. The number of alkyl halides is 2. The van der Waals surface area contributed by atoms with Gasteiger partial charge in [0.25, 0.3) is 5.91 Å². The maximum absolute atomic E-state index is 12.6. The second-order valence-corrected chi connectivity index (χ2v) is 5.23.